The summed E-state index contributed by atoms with van der Waals surface area (Å²) in [7, 11) is 2.95. The number of carbonyl (C=O) groups excluding carboxylic acids is 3. The lowest BCUT2D eigenvalue weighted by atomic mass is 9.54. The Kier molecular flexibility index (Phi) is 6.99. The first-order chi connectivity index (χ1) is 18.0. The second kappa shape index (κ2) is 9.46. The number of benzene rings is 1. The third kappa shape index (κ3) is 3.83. The Bertz CT molecular complexity index is 1330. The molecule has 0 saturated heterocycles. The molecule has 0 unspecified atom stereocenters. The molecule has 0 bridgehead atoms. The van der Waals surface area contributed by atoms with Crippen molar-refractivity contribution >= 4 is 23.2 Å². The highest BCUT2D eigenvalue weighted by molar-refractivity contribution is 6.24. The number of likely N-dealkylation sites (N-methyl/N-ethyl adjacent to an activating group) is 1. The molecule has 3 aliphatic rings. The molecule has 1 aromatic rings. The van der Waals surface area contributed by atoms with E-state index in [-0.39, 0.29) is 16.9 Å². The number of aliphatic hydroxyl groups is 4. The van der Waals surface area contributed by atoms with E-state index in [0.29, 0.717) is 11.1 Å². The van der Waals surface area contributed by atoms with Gasteiger partial charge in [0.2, 0.25) is 5.78 Å². The predicted molar refractivity (Wildman–Crippen MR) is 143 cm³/mol. The third-order valence-corrected chi connectivity index (χ3v) is 9.01. The van der Waals surface area contributed by atoms with Crippen LogP contribution in [0.25, 0.3) is 5.76 Å². The zero-order valence-corrected chi connectivity index (χ0v) is 23.1. The molecule has 6 atom stereocenters. The Morgan fingerprint density at radius 1 is 1.15 bits per heavy atom. The van der Waals surface area contributed by atoms with Gasteiger partial charge >= 0.3 is 0 Å². The van der Waals surface area contributed by atoms with E-state index in [1.165, 1.54) is 19.0 Å². The summed E-state index contributed by atoms with van der Waals surface area (Å²) in [6.07, 6.45) is 1.02. The smallest absolute Gasteiger partial charge is 0.255 e. The Hall–Kier alpha value is -3.21. The summed E-state index contributed by atoms with van der Waals surface area (Å²) in [5.41, 5.74) is 1.74. The van der Waals surface area contributed by atoms with Gasteiger partial charge in [-0.1, -0.05) is 52.7 Å². The highest BCUT2D eigenvalue weighted by atomic mass is 16.4. The minimum atomic E-state index is -2.92. The maximum absolute atomic E-state index is 14.1. The normalized spacial score (nSPS) is 30.8. The first-order valence-corrected chi connectivity index (χ1v) is 13.2. The second-order valence-electron chi connectivity index (χ2n) is 12.0. The van der Waals surface area contributed by atoms with E-state index < -0.39 is 75.5 Å². The Morgan fingerprint density at radius 2 is 1.77 bits per heavy atom. The molecule has 1 aromatic carbocycles. The van der Waals surface area contributed by atoms with Crippen molar-refractivity contribution in [3.05, 3.63) is 45.7 Å². The maximum atomic E-state index is 14.1. The number of ketones is 2. The van der Waals surface area contributed by atoms with E-state index in [1.807, 2.05) is 13.8 Å². The van der Waals surface area contributed by atoms with Gasteiger partial charge in [0.1, 0.15) is 22.8 Å². The number of aliphatic hydroxyl groups excluding tert-OH is 3. The van der Waals surface area contributed by atoms with Crippen molar-refractivity contribution in [1.29, 1.82) is 0 Å². The number of phenolic OH excluding ortho intramolecular Hbond substituents is 1. The number of phenols is 1. The third-order valence-electron chi connectivity index (χ3n) is 9.01. The molecule has 0 aromatic heterocycles. The van der Waals surface area contributed by atoms with E-state index in [9.17, 15) is 39.9 Å². The number of aromatic hydroxyl groups is 1. The number of carbonyl (C=O) groups is 3. The zero-order chi connectivity index (χ0) is 29.4. The van der Waals surface area contributed by atoms with Gasteiger partial charge in [0, 0.05) is 17.1 Å². The average molecular weight is 543 g/mol. The number of amides is 1. The van der Waals surface area contributed by atoms with Gasteiger partial charge in [0.15, 0.2) is 11.4 Å². The van der Waals surface area contributed by atoms with E-state index in [4.69, 9.17) is 5.73 Å². The number of primary amides is 1. The van der Waals surface area contributed by atoms with Crippen LogP contribution in [0.4, 0.5) is 0 Å². The fraction of sp³-hybridized carbons (Fsp3) is 0.552. The topological polar surface area (TPSA) is 182 Å². The lowest BCUT2D eigenvalue weighted by molar-refractivity contribution is -0.169. The number of hydrogen-bond donors (Lipinski definition) is 6. The first kappa shape index (κ1) is 28.8. The molecular weight excluding hydrogens is 504 g/mol. The molecule has 10 heteroatoms. The van der Waals surface area contributed by atoms with Crippen LogP contribution in [-0.4, -0.2) is 79.7 Å². The van der Waals surface area contributed by atoms with Crippen LogP contribution in [0, 0.1) is 11.8 Å². The Morgan fingerprint density at radius 3 is 2.31 bits per heavy atom. The van der Waals surface area contributed by atoms with Gasteiger partial charge in [-0.2, -0.15) is 0 Å². The second-order valence-corrected chi connectivity index (χ2v) is 12.0. The molecule has 0 aliphatic heterocycles. The maximum Gasteiger partial charge on any atom is 0.255 e. The quantitative estimate of drug-likeness (QED) is 0.293. The molecule has 39 heavy (non-hydrogen) atoms. The predicted octanol–water partition coefficient (Wildman–Crippen LogP) is 1.96. The van der Waals surface area contributed by atoms with E-state index in [2.05, 4.69) is 6.92 Å². The Balaban J connectivity index is 2.00. The number of rotatable bonds is 6. The Labute approximate surface area is 227 Å². The first-order valence-electron chi connectivity index (χ1n) is 13.2. The summed E-state index contributed by atoms with van der Waals surface area (Å²) >= 11 is 0. The summed E-state index contributed by atoms with van der Waals surface area (Å²) < 4.78 is 0. The molecule has 1 saturated carbocycles. The summed E-state index contributed by atoms with van der Waals surface area (Å²) in [5.74, 6) is -8.78. The van der Waals surface area contributed by atoms with Gasteiger partial charge in [-0.25, -0.2) is 0 Å². The zero-order valence-electron chi connectivity index (χ0n) is 23.1. The molecule has 212 valence electrons. The van der Waals surface area contributed by atoms with E-state index in [0.717, 1.165) is 19.3 Å². The lowest BCUT2D eigenvalue weighted by Gasteiger charge is -2.53. The monoisotopic (exact) mass is 542 g/mol. The summed E-state index contributed by atoms with van der Waals surface area (Å²) in [6, 6.07) is 2.16. The van der Waals surface area contributed by atoms with Gasteiger partial charge in [0.25, 0.3) is 5.91 Å². The standard InChI is InChI=1S/C29H38N2O8/c1-7-8-11-28(3,4)14-10-9-13-12(2)15-17(22(33)16(13)21(14)32)25(36)29(39)19(23(15)34)20(31(5)6)24(35)18(26(29)37)27(30)38/h9-10,12,15,19-20,23,32-34,37,39H,7-8,11H2,1-6H3,(H2,30,38)/t12-,15+,19+,20-,23-,29-/m1/s1. The molecular formula is C29H38N2O8. The van der Waals surface area contributed by atoms with Crippen molar-refractivity contribution in [1.82, 2.24) is 4.90 Å². The largest absolute Gasteiger partial charge is 0.508 e. The summed E-state index contributed by atoms with van der Waals surface area (Å²) in [4.78, 5) is 40.8. The molecule has 1 amide bonds. The molecule has 0 heterocycles. The van der Waals surface area contributed by atoms with E-state index in [1.54, 1.807) is 19.1 Å². The molecule has 1 fully saturated rings. The van der Waals surface area contributed by atoms with Crippen LogP contribution in [-0.2, 0) is 19.8 Å². The fourth-order valence-corrected chi connectivity index (χ4v) is 6.92. The minimum absolute atomic E-state index is 0.0214. The van der Waals surface area contributed by atoms with Crippen molar-refractivity contribution in [3.63, 3.8) is 0 Å². The lowest BCUT2D eigenvalue weighted by Crippen LogP contribution is -2.70. The van der Waals surface area contributed by atoms with Crippen molar-refractivity contribution < 1.29 is 39.9 Å². The fourth-order valence-electron chi connectivity index (χ4n) is 6.92. The number of nitrogens with two attached hydrogens (primary N) is 1. The van der Waals surface area contributed by atoms with Gasteiger partial charge in [0.05, 0.1) is 23.6 Å². The van der Waals surface area contributed by atoms with Crippen LogP contribution in [0.15, 0.2) is 29.0 Å². The van der Waals surface area contributed by atoms with Gasteiger partial charge in [-0.05, 0) is 37.4 Å². The van der Waals surface area contributed by atoms with Gasteiger partial charge in [-0.15, -0.1) is 0 Å². The van der Waals surface area contributed by atoms with Crippen LogP contribution in [0.2, 0.25) is 0 Å². The average Bonchev–Trinajstić information content (AvgIpc) is 2.84. The van der Waals surface area contributed by atoms with Gasteiger partial charge < -0.3 is 31.3 Å². The molecule has 10 nitrogen and oxygen atoms in total. The van der Waals surface area contributed by atoms with Crippen LogP contribution < -0.4 is 5.73 Å². The van der Waals surface area contributed by atoms with Crippen molar-refractivity contribution in [2.45, 2.75) is 76.0 Å². The van der Waals surface area contributed by atoms with Crippen LogP contribution >= 0.6 is 0 Å². The number of fused-ring (bicyclic) bond motifs is 3. The van der Waals surface area contributed by atoms with Crippen molar-refractivity contribution in [2.24, 2.45) is 17.6 Å². The highest BCUT2D eigenvalue weighted by Crippen LogP contribution is 2.57. The van der Waals surface area contributed by atoms with Gasteiger partial charge in [-0.3, -0.25) is 19.3 Å². The van der Waals surface area contributed by atoms with Crippen LogP contribution in [0.5, 0.6) is 5.75 Å². The van der Waals surface area contributed by atoms with Crippen molar-refractivity contribution in [3.8, 4) is 5.75 Å². The molecule has 0 spiro atoms. The number of hydrogen-bond acceptors (Lipinski definition) is 9. The molecule has 7 N–H and O–H groups in total. The summed E-state index contributed by atoms with van der Waals surface area (Å²) in [6.45, 7) is 7.73. The molecule has 4 rings (SSSR count). The van der Waals surface area contributed by atoms with Crippen LogP contribution in [0.3, 0.4) is 0 Å². The highest BCUT2D eigenvalue weighted by Gasteiger charge is 2.68. The SMILES string of the molecule is CCCCC(C)(C)c1ccc2c(c1O)C(O)=C1C(=O)[C@@]3(O)C(O)=C(C(N)=O)C(=O)[C@H](N(C)C)[C@H]3[C@H](O)[C@H]1[C@@H]2C. The molecule has 0 radical (unpaired) electrons. The summed E-state index contributed by atoms with van der Waals surface area (Å²) in [5, 5.41) is 57.4. The van der Waals surface area contributed by atoms with E-state index >= 15 is 0 Å². The van der Waals surface area contributed by atoms with Crippen LogP contribution in [0.1, 0.15) is 69.6 Å². The number of unbranched alkanes of at least 4 members (excludes halogenated alkanes) is 1. The number of nitrogens with zero attached hydrogens (tertiary/aromatic N) is 1. The van der Waals surface area contributed by atoms with Crippen molar-refractivity contribution in [2.75, 3.05) is 14.1 Å². The number of Topliss-reactive ketones (excluding diaryl/α,β-unsaturated/α-hetero) is 2. The molecule has 3 aliphatic carbocycles. The minimum Gasteiger partial charge on any atom is -0.508 e.